The molecule has 1 saturated heterocycles. The molecule has 2 aromatic heterocycles. The van der Waals surface area contributed by atoms with Crippen molar-refractivity contribution in [1.82, 2.24) is 19.9 Å². The minimum Gasteiger partial charge on any atom is -0.353 e. The Labute approximate surface area is 232 Å². The number of hydrogen-bond acceptors (Lipinski definition) is 7. The summed E-state index contributed by atoms with van der Waals surface area (Å²) in [6, 6.07) is 10.5. The number of thiazole rings is 1. The second-order valence-electron chi connectivity index (χ2n) is 9.04. The maximum Gasteiger partial charge on any atom is 0.416 e. The van der Waals surface area contributed by atoms with Crippen LogP contribution in [0.2, 0.25) is 10.0 Å². The SMILES string of the molecule is CCN1CCCC1CNc1nc(Nc2ccc(C(F)(F)F)cc2)c2nc(Cc3c(Cl)cccc3Cl)sc2n1. The first kappa shape index (κ1) is 26.9. The first-order valence-electron chi connectivity index (χ1n) is 12.2. The summed E-state index contributed by atoms with van der Waals surface area (Å²) in [5.41, 5.74) is 1.03. The van der Waals surface area contributed by atoms with Gasteiger partial charge in [-0.3, -0.25) is 4.90 Å². The molecule has 0 saturated carbocycles. The number of nitrogens with one attached hydrogen (secondary N) is 2. The van der Waals surface area contributed by atoms with E-state index in [2.05, 4.69) is 27.4 Å². The monoisotopic (exact) mass is 580 g/mol. The zero-order chi connectivity index (χ0) is 26.9. The number of hydrogen-bond donors (Lipinski definition) is 2. The minimum atomic E-state index is -4.41. The molecule has 6 nitrogen and oxygen atoms in total. The molecule has 4 aromatic rings. The largest absolute Gasteiger partial charge is 0.416 e. The molecule has 200 valence electrons. The van der Waals surface area contributed by atoms with Crippen LogP contribution in [0.4, 0.5) is 30.6 Å². The second-order valence-corrected chi connectivity index (χ2v) is 10.9. The lowest BCUT2D eigenvalue weighted by Gasteiger charge is -2.22. The summed E-state index contributed by atoms with van der Waals surface area (Å²) < 4.78 is 39.1. The zero-order valence-corrected chi connectivity index (χ0v) is 22.8. The Bertz CT molecular complexity index is 1410. The summed E-state index contributed by atoms with van der Waals surface area (Å²) >= 11 is 14.1. The molecule has 38 heavy (non-hydrogen) atoms. The minimum absolute atomic E-state index is 0.394. The van der Waals surface area contributed by atoms with Gasteiger partial charge in [0.25, 0.3) is 0 Å². The lowest BCUT2D eigenvalue weighted by atomic mass is 10.1. The van der Waals surface area contributed by atoms with Crippen molar-refractivity contribution in [3.8, 4) is 0 Å². The summed E-state index contributed by atoms with van der Waals surface area (Å²) in [6.07, 6.45) is -1.74. The number of anilines is 3. The quantitative estimate of drug-likeness (QED) is 0.223. The van der Waals surface area contributed by atoms with Crippen molar-refractivity contribution in [2.75, 3.05) is 30.3 Å². The maximum absolute atomic E-state index is 13.0. The first-order valence-corrected chi connectivity index (χ1v) is 13.8. The van der Waals surface area contributed by atoms with Gasteiger partial charge in [0.1, 0.15) is 10.5 Å². The molecular formula is C26H25Cl2F3N6S. The van der Waals surface area contributed by atoms with Crippen molar-refractivity contribution in [2.24, 2.45) is 0 Å². The number of aromatic nitrogens is 3. The van der Waals surface area contributed by atoms with Crippen LogP contribution in [0.5, 0.6) is 0 Å². The van der Waals surface area contributed by atoms with Crippen molar-refractivity contribution < 1.29 is 13.2 Å². The van der Waals surface area contributed by atoms with Crippen LogP contribution in [-0.4, -0.2) is 45.5 Å². The number of likely N-dealkylation sites (N-methyl/N-ethyl adjacent to an activating group) is 1. The van der Waals surface area contributed by atoms with E-state index in [1.54, 1.807) is 18.2 Å². The topological polar surface area (TPSA) is 66.0 Å². The molecule has 2 N–H and O–H groups in total. The van der Waals surface area contributed by atoms with E-state index in [0.717, 1.165) is 48.6 Å². The van der Waals surface area contributed by atoms with Gasteiger partial charge in [-0.05, 0) is 67.9 Å². The first-order chi connectivity index (χ1) is 18.2. The number of halogens is 5. The highest BCUT2D eigenvalue weighted by molar-refractivity contribution is 7.18. The Kier molecular flexibility index (Phi) is 7.95. The second kappa shape index (κ2) is 11.2. The third-order valence-electron chi connectivity index (χ3n) is 6.57. The lowest BCUT2D eigenvalue weighted by molar-refractivity contribution is -0.137. The predicted molar refractivity (Wildman–Crippen MR) is 148 cm³/mol. The van der Waals surface area contributed by atoms with Crippen molar-refractivity contribution >= 4 is 62.3 Å². The van der Waals surface area contributed by atoms with Gasteiger partial charge < -0.3 is 10.6 Å². The highest BCUT2D eigenvalue weighted by Gasteiger charge is 2.30. The Morgan fingerprint density at radius 2 is 1.79 bits per heavy atom. The fraction of sp³-hybridized carbons (Fsp3) is 0.346. The van der Waals surface area contributed by atoms with Crippen LogP contribution in [0, 0.1) is 0 Å². The predicted octanol–water partition coefficient (Wildman–Crippen LogP) is 7.64. The highest BCUT2D eigenvalue weighted by Crippen LogP contribution is 2.34. The van der Waals surface area contributed by atoms with Crippen LogP contribution >= 0.6 is 34.5 Å². The standard InChI is InChI=1S/C26H25Cl2F3N6S/c1-2-37-12-4-5-17(37)14-32-25-35-23(33-16-10-8-15(9-11-16)26(29,30)31)22-24(36-25)38-21(34-22)13-18-19(27)6-3-7-20(18)28/h3,6-11,17H,2,4-5,12-14H2,1H3,(H2,32,33,35,36). The van der Waals surface area contributed by atoms with E-state index >= 15 is 0 Å². The Hall–Kier alpha value is -2.66. The Morgan fingerprint density at radius 1 is 1.05 bits per heavy atom. The van der Waals surface area contributed by atoms with Crippen molar-refractivity contribution in [1.29, 1.82) is 0 Å². The summed E-state index contributed by atoms with van der Waals surface area (Å²) in [4.78, 5) is 17.2. The summed E-state index contributed by atoms with van der Waals surface area (Å²) in [7, 11) is 0. The van der Waals surface area contributed by atoms with Gasteiger partial charge in [-0.25, -0.2) is 9.97 Å². The van der Waals surface area contributed by atoms with E-state index in [4.69, 9.17) is 33.2 Å². The van der Waals surface area contributed by atoms with Crippen LogP contribution in [0.25, 0.3) is 10.3 Å². The van der Waals surface area contributed by atoms with E-state index in [9.17, 15) is 13.2 Å². The van der Waals surface area contributed by atoms with Gasteiger partial charge in [0.2, 0.25) is 5.95 Å². The van der Waals surface area contributed by atoms with Gasteiger partial charge in [-0.15, -0.1) is 0 Å². The van der Waals surface area contributed by atoms with Crippen molar-refractivity contribution in [3.63, 3.8) is 0 Å². The van der Waals surface area contributed by atoms with Gasteiger partial charge in [0.15, 0.2) is 10.6 Å². The van der Waals surface area contributed by atoms with Crippen LogP contribution in [-0.2, 0) is 12.6 Å². The van der Waals surface area contributed by atoms with Crippen LogP contribution in [0.1, 0.15) is 35.9 Å². The number of alkyl halides is 3. The molecule has 0 aliphatic carbocycles. The molecular weight excluding hydrogens is 556 g/mol. The van der Waals surface area contributed by atoms with Gasteiger partial charge >= 0.3 is 6.18 Å². The lowest BCUT2D eigenvalue weighted by Crippen LogP contribution is -2.34. The molecule has 5 rings (SSSR count). The van der Waals surface area contributed by atoms with Gasteiger partial charge in [-0.2, -0.15) is 18.2 Å². The number of nitrogens with zero attached hydrogens (tertiary/aromatic N) is 4. The van der Waals surface area contributed by atoms with E-state index in [-0.39, 0.29) is 0 Å². The average molecular weight is 581 g/mol. The van der Waals surface area contributed by atoms with Gasteiger partial charge in [0, 0.05) is 34.7 Å². The van der Waals surface area contributed by atoms with E-state index < -0.39 is 11.7 Å². The Balaban J connectivity index is 1.47. The third kappa shape index (κ3) is 5.98. The average Bonchev–Trinajstić information content (AvgIpc) is 3.51. The smallest absolute Gasteiger partial charge is 0.353 e. The molecule has 1 aliphatic rings. The molecule has 12 heteroatoms. The van der Waals surface area contributed by atoms with Gasteiger partial charge in [0.05, 0.1) is 5.56 Å². The van der Waals surface area contributed by atoms with E-state index in [0.29, 0.717) is 56.9 Å². The molecule has 1 fully saturated rings. The fourth-order valence-electron chi connectivity index (χ4n) is 4.59. The molecule has 0 spiro atoms. The molecule has 1 atom stereocenters. The molecule has 0 bridgehead atoms. The number of likely N-dealkylation sites (tertiary alicyclic amines) is 1. The number of rotatable bonds is 8. The van der Waals surface area contributed by atoms with Crippen molar-refractivity contribution in [2.45, 2.75) is 38.4 Å². The molecule has 3 heterocycles. The normalized spacial score (nSPS) is 16.3. The van der Waals surface area contributed by atoms with Gasteiger partial charge in [-0.1, -0.05) is 47.5 Å². The highest BCUT2D eigenvalue weighted by atomic mass is 35.5. The van der Waals surface area contributed by atoms with Crippen LogP contribution < -0.4 is 10.6 Å². The molecule has 0 radical (unpaired) electrons. The van der Waals surface area contributed by atoms with Crippen LogP contribution in [0.3, 0.4) is 0 Å². The summed E-state index contributed by atoms with van der Waals surface area (Å²) in [6.45, 7) is 4.90. The van der Waals surface area contributed by atoms with Crippen LogP contribution in [0.15, 0.2) is 42.5 Å². The fourth-order valence-corrected chi connectivity index (χ4v) is 6.07. The molecule has 2 aromatic carbocycles. The third-order valence-corrected chi connectivity index (χ3v) is 8.23. The molecule has 1 unspecified atom stereocenters. The zero-order valence-electron chi connectivity index (χ0n) is 20.4. The van der Waals surface area contributed by atoms with E-state index in [1.165, 1.54) is 23.5 Å². The Morgan fingerprint density at radius 3 is 2.47 bits per heavy atom. The van der Waals surface area contributed by atoms with Crippen molar-refractivity contribution in [3.05, 3.63) is 68.6 Å². The maximum atomic E-state index is 13.0. The molecule has 1 aliphatic heterocycles. The van der Waals surface area contributed by atoms with E-state index in [1.807, 2.05) is 0 Å². The number of fused-ring (bicyclic) bond motifs is 1. The summed E-state index contributed by atoms with van der Waals surface area (Å²) in [5, 5.41) is 8.33. The number of benzene rings is 2. The summed E-state index contributed by atoms with van der Waals surface area (Å²) in [5.74, 6) is 0.838. The molecule has 0 amide bonds.